The van der Waals surface area contributed by atoms with E-state index in [1.165, 1.54) is 6.07 Å². The van der Waals surface area contributed by atoms with E-state index >= 15 is 0 Å². The Kier molecular flexibility index (Phi) is 3.94. The highest BCUT2D eigenvalue weighted by Crippen LogP contribution is 2.15. The van der Waals surface area contributed by atoms with Crippen molar-refractivity contribution < 1.29 is 9.13 Å². The fourth-order valence-corrected chi connectivity index (χ4v) is 1.59. The van der Waals surface area contributed by atoms with Crippen LogP contribution in [-0.4, -0.2) is 9.78 Å². The van der Waals surface area contributed by atoms with Gasteiger partial charge in [-0.15, -0.1) is 0 Å². The van der Waals surface area contributed by atoms with Gasteiger partial charge in [0.05, 0.1) is 12.4 Å². The molecule has 0 aliphatic heterocycles. The molecule has 0 radical (unpaired) electrons. The van der Waals surface area contributed by atoms with Crippen LogP contribution in [0.4, 0.5) is 4.39 Å². The predicted molar refractivity (Wildman–Crippen MR) is 66.5 cm³/mol. The number of hydrogen-bond acceptors (Lipinski definition) is 3. The summed E-state index contributed by atoms with van der Waals surface area (Å²) in [4.78, 5) is 0. The Morgan fingerprint density at radius 1 is 1.44 bits per heavy atom. The van der Waals surface area contributed by atoms with Crippen molar-refractivity contribution in [3.05, 3.63) is 47.5 Å². The third-order valence-corrected chi connectivity index (χ3v) is 2.68. The van der Waals surface area contributed by atoms with Gasteiger partial charge in [0.15, 0.2) is 5.75 Å². The Bertz CT molecular complexity index is 525. The van der Waals surface area contributed by atoms with E-state index in [-0.39, 0.29) is 12.4 Å². The molecule has 0 bridgehead atoms. The van der Waals surface area contributed by atoms with E-state index in [4.69, 9.17) is 10.5 Å². The average molecular weight is 249 g/mol. The van der Waals surface area contributed by atoms with Crippen molar-refractivity contribution in [1.29, 1.82) is 0 Å². The standard InChI is InChI=1S/C13H16FN3O/c1-2-17-8-12(7-16-17)18-9-11-4-3-10(6-15)5-13(11)14/h3-5,7-8H,2,6,9,15H2,1H3. The minimum Gasteiger partial charge on any atom is -0.486 e. The second-order valence-electron chi connectivity index (χ2n) is 3.95. The molecule has 1 aromatic carbocycles. The maximum Gasteiger partial charge on any atom is 0.157 e. The summed E-state index contributed by atoms with van der Waals surface area (Å²) in [7, 11) is 0. The van der Waals surface area contributed by atoms with Gasteiger partial charge in [0, 0.05) is 18.7 Å². The van der Waals surface area contributed by atoms with Gasteiger partial charge in [-0.25, -0.2) is 4.39 Å². The molecule has 0 saturated heterocycles. The number of nitrogens with two attached hydrogens (primary N) is 1. The summed E-state index contributed by atoms with van der Waals surface area (Å²) in [5.41, 5.74) is 6.73. The first kappa shape index (κ1) is 12.6. The second kappa shape index (κ2) is 5.64. The van der Waals surface area contributed by atoms with Gasteiger partial charge in [-0.1, -0.05) is 12.1 Å². The summed E-state index contributed by atoms with van der Waals surface area (Å²) >= 11 is 0. The fraction of sp³-hybridized carbons (Fsp3) is 0.308. The average Bonchev–Trinajstić information content (AvgIpc) is 2.85. The molecule has 1 aromatic heterocycles. The number of nitrogens with zero attached hydrogens (tertiary/aromatic N) is 2. The lowest BCUT2D eigenvalue weighted by atomic mass is 10.1. The molecule has 2 aromatic rings. The molecule has 0 aliphatic rings. The highest BCUT2D eigenvalue weighted by Gasteiger charge is 2.05. The minimum absolute atomic E-state index is 0.187. The summed E-state index contributed by atoms with van der Waals surface area (Å²) in [6.45, 7) is 3.29. The molecule has 2 N–H and O–H groups in total. The van der Waals surface area contributed by atoms with Gasteiger partial charge >= 0.3 is 0 Å². The third kappa shape index (κ3) is 2.87. The molecule has 1 heterocycles. The van der Waals surface area contributed by atoms with E-state index in [1.54, 1.807) is 29.2 Å². The van der Waals surface area contributed by atoms with Crippen molar-refractivity contribution in [3.8, 4) is 5.75 Å². The second-order valence-corrected chi connectivity index (χ2v) is 3.95. The molecule has 96 valence electrons. The summed E-state index contributed by atoms with van der Waals surface area (Å²) in [6.07, 6.45) is 3.40. The van der Waals surface area contributed by atoms with E-state index < -0.39 is 0 Å². The number of hydrogen-bond donors (Lipinski definition) is 1. The highest BCUT2D eigenvalue weighted by atomic mass is 19.1. The molecule has 4 nitrogen and oxygen atoms in total. The zero-order chi connectivity index (χ0) is 13.0. The number of ether oxygens (including phenoxy) is 1. The Balaban J connectivity index is 2.01. The van der Waals surface area contributed by atoms with Crippen LogP contribution in [0, 0.1) is 5.82 Å². The molecule has 0 saturated carbocycles. The van der Waals surface area contributed by atoms with Crippen molar-refractivity contribution in [1.82, 2.24) is 9.78 Å². The van der Waals surface area contributed by atoms with Crippen molar-refractivity contribution in [2.75, 3.05) is 0 Å². The number of halogens is 1. The third-order valence-electron chi connectivity index (χ3n) is 2.68. The molecule has 5 heteroatoms. The molecule has 2 rings (SSSR count). The monoisotopic (exact) mass is 249 g/mol. The molecular formula is C13H16FN3O. The summed E-state index contributed by atoms with van der Waals surface area (Å²) in [5.74, 6) is 0.347. The van der Waals surface area contributed by atoms with Crippen LogP contribution in [0.2, 0.25) is 0 Å². The minimum atomic E-state index is -0.291. The van der Waals surface area contributed by atoms with Crippen LogP contribution in [0.25, 0.3) is 0 Å². The van der Waals surface area contributed by atoms with Crippen molar-refractivity contribution in [3.63, 3.8) is 0 Å². The lowest BCUT2D eigenvalue weighted by Crippen LogP contribution is -2.01. The summed E-state index contributed by atoms with van der Waals surface area (Å²) < 4.78 is 20.9. The van der Waals surface area contributed by atoms with E-state index in [1.807, 2.05) is 6.92 Å². The zero-order valence-corrected chi connectivity index (χ0v) is 10.3. The Hall–Kier alpha value is -1.88. The Morgan fingerprint density at radius 2 is 2.28 bits per heavy atom. The van der Waals surface area contributed by atoms with E-state index in [0.717, 1.165) is 12.1 Å². The SMILES string of the molecule is CCn1cc(OCc2ccc(CN)cc2F)cn1. The van der Waals surface area contributed by atoms with Crippen molar-refractivity contribution >= 4 is 0 Å². The molecule has 0 amide bonds. The van der Waals surface area contributed by atoms with Crippen LogP contribution in [0.1, 0.15) is 18.1 Å². The lowest BCUT2D eigenvalue weighted by Gasteiger charge is -2.06. The van der Waals surface area contributed by atoms with Gasteiger partial charge in [0.2, 0.25) is 0 Å². The Labute approximate surface area is 105 Å². The van der Waals surface area contributed by atoms with Gasteiger partial charge in [-0.2, -0.15) is 5.10 Å². The van der Waals surface area contributed by atoms with Crippen molar-refractivity contribution in [2.45, 2.75) is 26.6 Å². The van der Waals surface area contributed by atoms with Crippen LogP contribution in [-0.2, 0) is 19.7 Å². The van der Waals surface area contributed by atoms with E-state index in [2.05, 4.69) is 5.10 Å². The summed E-state index contributed by atoms with van der Waals surface area (Å²) in [6, 6.07) is 4.94. The van der Waals surface area contributed by atoms with Crippen LogP contribution >= 0.6 is 0 Å². The molecule has 0 unspecified atom stereocenters. The molecular weight excluding hydrogens is 233 g/mol. The first-order chi connectivity index (χ1) is 8.72. The quantitative estimate of drug-likeness (QED) is 0.882. The van der Waals surface area contributed by atoms with Gasteiger partial charge in [0.25, 0.3) is 0 Å². The zero-order valence-electron chi connectivity index (χ0n) is 10.3. The lowest BCUT2D eigenvalue weighted by molar-refractivity contribution is 0.299. The molecule has 18 heavy (non-hydrogen) atoms. The van der Waals surface area contributed by atoms with Crippen molar-refractivity contribution in [2.24, 2.45) is 5.73 Å². The van der Waals surface area contributed by atoms with Crippen LogP contribution in [0.3, 0.4) is 0 Å². The number of rotatable bonds is 5. The molecule has 0 aliphatic carbocycles. The van der Waals surface area contributed by atoms with Crippen LogP contribution in [0.15, 0.2) is 30.6 Å². The number of aryl methyl sites for hydroxylation is 1. The molecule has 0 spiro atoms. The van der Waals surface area contributed by atoms with Gasteiger partial charge in [-0.3, -0.25) is 4.68 Å². The van der Waals surface area contributed by atoms with Crippen LogP contribution in [0.5, 0.6) is 5.75 Å². The van der Waals surface area contributed by atoms with Gasteiger partial charge < -0.3 is 10.5 Å². The molecule has 0 atom stereocenters. The van der Waals surface area contributed by atoms with E-state index in [0.29, 0.717) is 17.9 Å². The number of aromatic nitrogens is 2. The highest BCUT2D eigenvalue weighted by molar-refractivity contribution is 5.24. The first-order valence-corrected chi connectivity index (χ1v) is 5.85. The number of benzene rings is 1. The summed E-state index contributed by atoms with van der Waals surface area (Å²) in [5, 5.41) is 4.08. The van der Waals surface area contributed by atoms with Crippen LogP contribution < -0.4 is 10.5 Å². The first-order valence-electron chi connectivity index (χ1n) is 5.85. The smallest absolute Gasteiger partial charge is 0.157 e. The van der Waals surface area contributed by atoms with Gasteiger partial charge in [-0.05, 0) is 18.6 Å². The Morgan fingerprint density at radius 3 is 2.89 bits per heavy atom. The van der Waals surface area contributed by atoms with E-state index in [9.17, 15) is 4.39 Å². The molecule has 0 fully saturated rings. The fourth-order valence-electron chi connectivity index (χ4n) is 1.59. The maximum atomic E-state index is 13.7. The maximum absolute atomic E-state index is 13.7. The topological polar surface area (TPSA) is 53.1 Å². The van der Waals surface area contributed by atoms with Gasteiger partial charge in [0.1, 0.15) is 12.4 Å². The largest absolute Gasteiger partial charge is 0.486 e. The normalized spacial score (nSPS) is 10.6. The predicted octanol–water partition coefficient (Wildman–Crippen LogP) is 2.08.